The normalized spacial score (nSPS) is 18.2. The van der Waals surface area contributed by atoms with Gasteiger partial charge in [0, 0.05) is 36.5 Å². The maximum atomic E-state index is 12.9. The molecule has 0 bridgehead atoms. The number of guanidine groups is 1. The predicted octanol–water partition coefficient (Wildman–Crippen LogP) is 2.39. The number of ether oxygens (including phenoxy) is 3. The fourth-order valence-corrected chi connectivity index (χ4v) is 3.97. The lowest BCUT2D eigenvalue weighted by atomic mass is 10.1. The van der Waals surface area contributed by atoms with E-state index < -0.39 is 6.17 Å². The lowest BCUT2D eigenvalue weighted by Crippen LogP contribution is -2.45. The molecular formula is C21H27N5O4. The van der Waals surface area contributed by atoms with E-state index in [1.807, 2.05) is 6.92 Å². The molecule has 1 aromatic heterocycles. The van der Waals surface area contributed by atoms with Gasteiger partial charge < -0.3 is 19.1 Å². The Hall–Kier alpha value is -3.23. The Kier molecular flexibility index (Phi) is 5.52. The molecule has 0 unspecified atom stereocenters. The first-order chi connectivity index (χ1) is 14.5. The number of rotatable bonds is 4. The Morgan fingerprint density at radius 1 is 0.967 bits per heavy atom. The van der Waals surface area contributed by atoms with E-state index in [2.05, 4.69) is 15.2 Å². The van der Waals surface area contributed by atoms with Crippen molar-refractivity contribution in [2.75, 3.05) is 39.7 Å². The van der Waals surface area contributed by atoms with Crippen LogP contribution < -0.4 is 25.1 Å². The number of piperidine rings is 1. The number of aliphatic imine (C=N–C) groups is 1. The number of hydrogen-bond donors (Lipinski definition) is 1. The fraction of sp³-hybridized carbons (Fsp3) is 0.476. The molecule has 4 rings (SSSR count). The first-order valence-corrected chi connectivity index (χ1v) is 10.1. The highest BCUT2D eigenvalue weighted by Gasteiger charge is 2.31. The van der Waals surface area contributed by atoms with Gasteiger partial charge in [0.2, 0.25) is 11.9 Å². The van der Waals surface area contributed by atoms with Gasteiger partial charge in [-0.05, 0) is 32.3 Å². The van der Waals surface area contributed by atoms with E-state index in [1.165, 1.54) is 12.5 Å². The van der Waals surface area contributed by atoms with Crippen molar-refractivity contribution in [2.45, 2.75) is 32.4 Å². The molecule has 3 heterocycles. The highest BCUT2D eigenvalue weighted by Crippen LogP contribution is 2.40. The van der Waals surface area contributed by atoms with Crippen molar-refractivity contribution < 1.29 is 14.2 Å². The van der Waals surface area contributed by atoms with E-state index in [0.29, 0.717) is 40.4 Å². The van der Waals surface area contributed by atoms with Crippen LogP contribution >= 0.6 is 0 Å². The van der Waals surface area contributed by atoms with Crippen LogP contribution in [-0.2, 0) is 0 Å². The van der Waals surface area contributed by atoms with E-state index in [4.69, 9.17) is 19.2 Å². The maximum Gasteiger partial charge on any atom is 0.257 e. The summed E-state index contributed by atoms with van der Waals surface area (Å²) >= 11 is 0. The number of aryl methyl sites for hydroxylation is 1. The number of fused-ring (bicyclic) bond motifs is 1. The summed E-state index contributed by atoms with van der Waals surface area (Å²) in [7, 11) is 4.72. The number of nitrogens with zero attached hydrogens (tertiary/aromatic N) is 4. The van der Waals surface area contributed by atoms with Crippen LogP contribution in [0.5, 0.6) is 17.2 Å². The second-order valence-corrected chi connectivity index (χ2v) is 7.38. The highest BCUT2D eigenvalue weighted by molar-refractivity contribution is 5.93. The molecule has 9 nitrogen and oxygen atoms in total. The molecule has 1 atom stereocenters. The SMILES string of the molecule is COc1cc(OC)c([C@@H]2N=C(N3CCCCC3)Nc3nc(C)cc(=O)n32)cc1OC. The molecule has 0 saturated carbocycles. The van der Waals surface area contributed by atoms with Gasteiger partial charge in [0.05, 0.1) is 21.3 Å². The monoisotopic (exact) mass is 413 g/mol. The number of likely N-dealkylation sites (tertiary alicyclic amines) is 1. The molecule has 2 aromatic rings. The Morgan fingerprint density at radius 3 is 2.30 bits per heavy atom. The second kappa shape index (κ2) is 8.25. The zero-order valence-corrected chi connectivity index (χ0v) is 17.8. The number of hydrogen-bond acceptors (Lipinski definition) is 8. The highest BCUT2D eigenvalue weighted by atomic mass is 16.5. The zero-order valence-electron chi connectivity index (χ0n) is 17.8. The van der Waals surface area contributed by atoms with E-state index in [-0.39, 0.29) is 5.56 Å². The minimum absolute atomic E-state index is 0.187. The van der Waals surface area contributed by atoms with Crippen molar-refractivity contribution in [3.8, 4) is 17.2 Å². The average molecular weight is 413 g/mol. The van der Waals surface area contributed by atoms with Crippen LogP contribution in [0.1, 0.15) is 36.7 Å². The third-order valence-electron chi connectivity index (χ3n) is 5.46. The van der Waals surface area contributed by atoms with Gasteiger partial charge in [-0.1, -0.05) is 0 Å². The van der Waals surface area contributed by atoms with Crippen LogP contribution in [-0.4, -0.2) is 54.8 Å². The van der Waals surface area contributed by atoms with Gasteiger partial charge in [-0.25, -0.2) is 9.98 Å². The molecule has 1 N–H and O–H groups in total. The van der Waals surface area contributed by atoms with Crippen molar-refractivity contribution >= 4 is 11.9 Å². The number of anilines is 1. The van der Waals surface area contributed by atoms with Gasteiger partial charge >= 0.3 is 0 Å². The molecule has 9 heteroatoms. The van der Waals surface area contributed by atoms with Crippen molar-refractivity contribution in [1.29, 1.82) is 0 Å². The molecule has 160 valence electrons. The van der Waals surface area contributed by atoms with Crippen molar-refractivity contribution in [3.05, 3.63) is 39.8 Å². The first kappa shape index (κ1) is 20.1. The summed E-state index contributed by atoms with van der Waals surface area (Å²) in [5.74, 6) is 2.82. The molecule has 1 saturated heterocycles. The topological polar surface area (TPSA) is 90.2 Å². The van der Waals surface area contributed by atoms with E-state index in [1.54, 1.807) is 38.0 Å². The van der Waals surface area contributed by atoms with Crippen LogP contribution in [0.25, 0.3) is 0 Å². The molecule has 1 fully saturated rings. The second-order valence-electron chi connectivity index (χ2n) is 7.38. The quantitative estimate of drug-likeness (QED) is 0.823. The molecule has 1 aromatic carbocycles. The summed E-state index contributed by atoms with van der Waals surface area (Å²) in [6.07, 6.45) is 2.79. The van der Waals surface area contributed by atoms with E-state index >= 15 is 0 Å². The Morgan fingerprint density at radius 2 is 1.63 bits per heavy atom. The Bertz CT molecular complexity index is 1030. The summed E-state index contributed by atoms with van der Waals surface area (Å²) in [6.45, 7) is 3.64. The van der Waals surface area contributed by atoms with Gasteiger partial charge in [0.25, 0.3) is 5.56 Å². The predicted molar refractivity (Wildman–Crippen MR) is 114 cm³/mol. The zero-order chi connectivity index (χ0) is 21.3. The summed E-state index contributed by atoms with van der Waals surface area (Å²) in [6, 6.07) is 5.06. The number of aromatic nitrogens is 2. The van der Waals surface area contributed by atoms with Gasteiger partial charge in [-0.3, -0.25) is 14.7 Å². The molecule has 0 spiro atoms. The average Bonchev–Trinajstić information content (AvgIpc) is 2.77. The van der Waals surface area contributed by atoms with Crippen molar-refractivity contribution in [3.63, 3.8) is 0 Å². The van der Waals surface area contributed by atoms with Crippen LogP contribution in [0, 0.1) is 6.92 Å². The third-order valence-corrected chi connectivity index (χ3v) is 5.46. The summed E-state index contributed by atoms with van der Waals surface area (Å²) in [4.78, 5) is 24.6. The number of benzene rings is 1. The molecule has 30 heavy (non-hydrogen) atoms. The van der Waals surface area contributed by atoms with Gasteiger partial charge in [-0.15, -0.1) is 0 Å². The molecule has 0 radical (unpaired) electrons. The minimum Gasteiger partial charge on any atom is -0.496 e. The summed E-state index contributed by atoms with van der Waals surface area (Å²) in [5, 5.41) is 3.27. The van der Waals surface area contributed by atoms with Crippen molar-refractivity contribution in [1.82, 2.24) is 14.5 Å². The maximum absolute atomic E-state index is 12.9. The minimum atomic E-state index is -0.645. The number of methoxy groups -OCH3 is 3. The molecular weight excluding hydrogens is 386 g/mol. The molecule has 2 aliphatic rings. The van der Waals surface area contributed by atoms with Crippen molar-refractivity contribution in [2.24, 2.45) is 4.99 Å². The first-order valence-electron chi connectivity index (χ1n) is 10.1. The van der Waals surface area contributed by atoms with Crippen LogP contribution in [0.15, 0.2) is 28.0 Å². The molecule has 0 amide bonds. The smallest absolute Gasteiger partial charge is 0.257 e. The van der Waals surface area contributed by atoms with Gasteiger partial charge in [0.15, 0.2) is 17.7 Å². The van der Waals surface area contributed by atoms with Crippen LogP contribution in [0.2, 0.25) is 0 Å². The standard InChI is InChI=1S/C21H27N5O4/c1-13-10-18(27)26-19(14-11-16(29-3)17(30-4)12-15(14)28-2)23-20(24-21(26)22-13)25-8-6-5-7-9-25/h10-12,19H,5-9H2,1-4H3,(H,22,23,24)/t19-/m1/s1. The van der Waals surface area contributed by atoms with Gasteiger partial charge in [0.1, 0.15) is 5.75 Å². The fourth-order valence-electron chi connectivity index (χ4n) is 3.97. The lowest BCUT2D eigenvalue weighted by Gasteiger charge is -2.35. The van der Waals surface area contributed by atoms with Crippen LogP contribution in [0.3, 0.4) is 0 Å². The van der Waals surface area contributed by atoms with E-state index in [0.717, 1.165) is 25.9 Å². The summed E-state index contributed by atoms with van der Waals surface area (Å²) in [5.41, 5.74) is 1.16. The lowest BCUT2D eigenvalue weighted by molar-refractivity contribution is 0.333. The van der Waals surface area contributed by atoms with Crippen LogP contribution in [0.4, 0.5) is 5.95 Å². The summed E-state index contributed by atoms with van der Waals surface area (Å²) < 4.78 is 18.1. The third kappa shape index (κ3) is 3.55. The Balaban J connectivity index is 1.90. The van der Waals surface area contributed by atoms with Gasteiger partial charge in [-0.2, -0.15) is 0 Å². The Labute approximate surface area is 175 Å². The largest absolute Gasteiger partial charge is 0.496 e. The number of nitrogens with one attached hydrogen (secondary N) is 1. The molecule has 0 aliphatic carbocycles. The molecule has 2 aliphatic heterocycles. The van der Waals surface area contributed by atoms with E-state index in [9.17, 15) is 4.79 Å².